The average molecular weight is 843 g/mol. The van der Waals surface area contributed by atoms with Crippen LogP contribution in [0.2, 0.25) is 0 Å². The molecule has 59 heavy (non-hydrogen) atoms. The molecule has 0 saturated heterocycles. The summed E-state index contributed by atoms with van der Waals surface area (Å²) >= 11 is 0. The summed E-state index contributed by atoms with van der Waals surface area (Å²) in [6.45, 7) is 2.01. The van der Waals surface area contributed by atoms with Crippen LogP contribution in [0.15, 0.2) is 122 Å². The van der Waals surface area contributed by atoms with Gasteiger partial charge in [0, 0.05) is 12.8 Å². The lowest BCUT2D eigenvalue weighted by Crippen LogP contribution is -2.29. The van der Waals surface area contributed by atoms with Gasteiger partial charge in [-0.25, -0.2) is 4.57 Å². The lowest BCUT2D eigenvalue weighted by molar-refractivity contribution is -0.161. The minimum absolute atomic E-state index is 0.124. The number of carbonyl (C=O) groups excluding carboxylic acids is 2. The predicted molar refractivity (Wildman–Crippen MR) is 242 cm³/mol. The molecule has 0 rings (SSSR count). The van der Waals surface area contributed by atoms with E-state index in [2.05, 4.69) is 128 Å². The largest absolute Gasteiger partial charge is 0.472 e. The van der Waals surface area contributed by atoms with Gasteiger partial charge in [0.1, 0.15) is 12.7 Å². The van der Waals surface area contributed by atoms with Gasteiger partial charge in [-0.05, 0) is 96.3 Å². The Labute approximate surface area is 356 Å². The summed E-state index contributed by atoms with van der Waals surface area (Å²) in [6, 6.07) is 0. The molecule has 0 aliphatic carbocycles. The monoisotopic (exact) mass is 843 g/mol. The Balaban J connectivity index is 4.49. The molecule has 0 aliphatic heterocycles. The molecule has 0 aromatic carbocycles. The van der Waals surface area contributed by atoms with Gasteiger partial charge in [0.2, 0.25) is 0 Å². The smallest absolute Gasteiger partial charge is 0.462 e. The standard InChI is InChI=1S/C48H75O10P/c1-3-5-7-9-11-13-15-17-19-21-22-24-26-28-30-32-34-36-38-40-48(52)58-46(44-57-59(53,54)56-42-45(50)41-49)43-55-47(51)39-37-35-33-31-29-27-25-23-20-18-16-14-12-10-8-6-4-2/h5-8,11-14,17-20,22,24-25,27-28,30-31,33,45-46,49-50H,3-4,9-10,15-16,21,23,26,29,32,34-44H2,1-2H3,(H,53,54)/b7-5-,8-6-,13-11-,14-12-,19-17-,20-18-,24-22-,27-25-,30-28-,33-31-. The lowest BCUT2D eigenvalue weighted by Gasteiger charge is -2.20. The van der Waals surface area contributed by atoms with Crippen molar-refractivity contribution in [2.75, 3.05) is 26.4 Å². The third-order valence-electron chi connectivity index (χ3n) is 8.11. The van der Waals surface area contributed by atoms with Crippen molar-refractivity contribution in [2.24, 2.45) is 0 Å². The molecular weight excluding hydrogens is 767 g/mol. The Kier molecular flexibility index (Phi) is 39.9. The molecule has 0 heterocycles. The minimum Gasteiger partial charge on any atom is -0.462 e. The molecule has 0 bridgehead atoms. The fourth-order valence-electron chi connectivity index (χ4n) is 4.88. The maximum Gasteiger partial charge on any atom is 0.472 e. The van der Waals surface area contributed by atoms with Crippen LogP contribution in [0.4, 0.5) is 0 Å². The fraction of sp³-hybridized carbons (Fsp3) is 0.542. The first kappa shape index (κ1) is 55.4. The van der Waals surface area contributed by atoms with Gasteiger partial charge in [0.05, 0.1) is 19.8 Å². The lowest BCUT2D eigenvalue weighted by atomic mass is 10.1. The van der Waals surface area contributed by atoms with Crippen molar-refractivity contribution in [3.63, 3.8) is 0 Å². The van der Waals surface area contributed by atoms with Crippen molar-refractivity contribution < 1.29 is 47.8 Å². The average Bonchev–Trinajstić information content (AvgIpc) is 3.22. The van der Waals surface area contributed by atoms with E-state index < -0.39 is 51.8 Å². The highest BCUT2D eigenvalue weighted by Gasteiger charge is 2.27. The summed E-state index contributed by atoms with van der Waals surface area (Å²) in [7, 11) is -4.65. The molecule has 11 heteroatoms. The summed E-state index contributed by atoms with van der Waals surface area (Å²) in [5.74, 6) is -1.05. The molecule has 0 aromatic heterocycles. The highest BCUT2D eigenvalue weighted by Crippen LogP contribution is 2.43. The number of aliphatic hydroxyl groups is 2. The highest BCUT2D eigenvalue weighted by atomic mass is 31.2. The zero-order valence-corrected chi connectivity index (χ0v) is 36.8. The third-order valence-corrected chi connectivity index (χ3v) is 9.06. The number of rotatable bonds is 38. The number of aliphatic hydroxyl groups excluding tert-OH is 2. The number of hydrogen-bond acceptors (Lipinski definition) is 9. The summed E-state index contributed by atoms with van der Waals surface area (Å²) in [6.07, 6.45) is 54.6. The van der Waals surface area contributed by atoms with Crippen molar-refractivity contribution in [1.82, 2.24) is 0 Å². The Hall–Kier alpha value is -3.63. The summed E-state index contributed by atoms with van der Waals surface area (Å²) in [5.41, 5.74) is 0. The first-order chi connectivity index (χ1) is 28.7. The second-order valence-electron chi connectivity index (χ2n) is 13.6. The molecule has 0 aromatic rings. The van der Waals surface area contributed by atoms with Gasteiger partial charge in [-0.1, -0.05) is 142 Å². The number of hydrogen-bond donors (Lipinski definition) is 3. The van der Waals surface area contributed by atoms with Crippen LogP contribution in [0, 0.1) is 0 Å². The van der Waals surface area contributed by atoms with E-state index in [1.54, 1.807) is 0 Å². The molecule has 0 amide bonds. The quantitative estimate of drug-likeness (QED) is 0.0237. The van der Waals surface area contributed by atoms with Crippen molar-refractivity contribution in [1.29, 1.82) is 0 Å². The van der Waals surface area contributed by atoms with Crippen molar-refractivity contribution in [3.05, 3.63) is 122 Å². The molecule has 332 valence electrons. The summed E-state index contributed by atoms with van der Waals surface area (Å²) in [4.78, 5) is 35.0. The predicted octanol–water partition coefficient (Wildman–Crippen LogP) is 11.6. The molecule has 3 unspecified atom stereocenters. The van der Waals surface area contributed by atoms with Crippen LogP contribution in [-0.4, -0.2) is 65.7 Å². The number of phosphoric ester groups is 1. The van der Waals surface area contributed by atoms with Crippen molar-refractivity contribution >= 4 is 19.8 Å². The second kappa shape index (κ2) is 42.5. The van der Waals surface area contributed by atoms with Crippen LogP contribution in [0.3, 0.4) is 0 Å². The summed E-state index contributed by atoms with van der Waals surface area (Å²) < 4.78 is 32.6. The van der Waals surface area contributed by atoms with Crippen LogP contribution in [0.1, 0.15) is 129 Å². The number of esters is 2. The molecule has 3 N–H and O–H groups in total. The van der Waals surface area contributed by atoms with E-state index in [0.717, 1.165) is 83.5 Å². The van der Waals surface area contributed by atoms with E-state index >= 15 is 0 Å². The van der Waals surface area contributed by atoms with Crippen LogP contribution in [-0.2, 0) is 32.7 Å². The van der Waals surface area contributed by atoms with Gasteiger partial charge in [-0.2, -0.15) is 0 Å². The molecule has 0 radical (unpaired) electrons. The van der Waals surface area contributed by atoms with Gasteiger partial charge in [0.15, 0.2) is 6.10 Å². The minimum atomic E-state index is -4.65. The molecule has 0 fully saturated rings. The van der Waals surface area contributed by atoms with Gasteiger partial charge < -0.3 is 24.6 Å². The van der Waals surface area contributed by atoms with Crippen LogP contribution in [0.5, 0.6) is 0 Å². The zero-order chi connectivity index (χ0) is 43.3. The van der Waals surface area contributed by atoms with Crippen LogP contribution >= 0.6 is 7.82 Å². The van der Waals surface area contributed by atoms with E-state index in [9.17, 15) is 24.2 Å². The van der Waals surface area contributed by atoms with Gasteiger partial charge in [0.25, 0.3) is 0 Å². The molecule has 3 atom stereocenters. The number of ether oxygens (including phenoxy) is 2. The van der Waals surface area contributed by atoms with Gasteiger partial charge in [-0.3, -0.25) is 18.6 Å². The number of phosphoric acid groups is 1. The maximum atomic E-state index is 12.6. The van der Waals surface area contributed by atoms with E-state index in [-0.39, 0.29) is 19.4 Å². The van der Waals surface area contributed by atoms with Crippen molar-refractivity contribution in [3.8, 4) is 0 Å². The first-order valence-corrected chi connectivity index (χ1v) is 23.0. The first-order valence-electron chi connectivity index (χ1n) is 21.5. The molecule has 0 saturated carbocycles. The maximum absolute atomic E-state index is 12.6. The van der Waals surface area contributed by atoms with Gasteiger partial charge in [-0.15, -0.1) is 0 Å². The van der Waals surface area contributed by atoms with Crippen LogP contribution < -0.4 is 0 Å². The molecule has 0 aliphatic rings. The zero-order valence-electron chi connectivity index (χ0n) is 35.9. The van der Waals surface area contributed by atoms with E-state index in [1.165, 1.54) is 0 Å². The number of unbranched alkanes of at least 4 members (excludes halogenated alkanes) is 4. The Morgan fingerprint density at radius 3 is 1.34 bits per heavy atom. The number of carbonyl (C=O) groups is 2. The van der Waals surface area contributed by atoms with E-state index in [0.29, 0.717) is 19.3 Å². The van der Waals surface area contributed by atoms with Crippen LogP contribution in [0.25, 0.3) is 0 Å². The SMILES string of the molecule is CC/C=C\C/C=C\C/C=C\C/C=C\C/C=C\CCCCCC(=O)OC(COC(=O)CCC/C=C\C/C=C\C/C=C\C/C=C\C/C=C\CC)COP(=O)(O)OCC(O)CO. The van der Waals surface area contributed by atoms with Crippen molar-refractivity contribution in [2.45, 2.75) is 142 Å². The summed E-state index contributed by atoms with van der Waals surface area (Å²) in [5, 5.41) is 18.3. The molecular formula is C48H75O10P. The molecule has 10 nitrogen and oxygen atoms in total. The topological polar surface area (TPSA) is 149 Å². The number of allylic oxidation sites excluding steroid dienone is 20. The van der Waals surface area contributed by atoms with E-state index in [4.69, 9.17) is 19.1 Å². The van der Waals surface area contributed by atoms with Gasteiger partial charge >= 0.3 is 19.8 Å². The third kappa shape index (κ3) is 42.3. The van der Waals surface area contributed by atoms with E-state index in [1.807, 2.05) is 12.2 Å². The Morgan fingerprint density at radius 2 is 0.898 bits per heavy atom. The second-order valence-corrected chi connectivity index (χ2v) is 15.1. The Bertz CT molecular complexity index is 1390. The fourth-order valence-corrected chi connectivity index (χ4v) is 5.67. The highest BCUT2D eigenvalue weighted by molar-refractivity contribution is 7.47. The molecule has 0 spiro atoms. The Morgan fingerprint density at radius 1 is 0.508 bits per heavy atom. The normalized spacial score (nSPS) is 15.0.